The number of carbonyl (C=O) groups is 1. The third kappa shape index (κ3) is 9.42. The average molecular weight is 240 g/mol. The standard InChI is InChI=1S/C10H12O3.2C2H6/c1-8(11)13-7-9-3-5-10(12-2)6-4-9;2*1-2/h3-6H,7H2,1-2H3;2*1-2H3. The molecule has 0 bridgehead atoms. The Morgan fingerprint density at radius 3 is 1.88 bits per heavy atom. The number of ether oxygens (including phenoxy) is 2. The predicted molar refractivity (Wildman–Crippen MR) is 71.2 cm³/mol. The minimum absolute atomic E-state index is 0.268. The van der Waals surface area contributed by atoms with Gasteiger partial charge in [0, 0.05) is 6.92 Å². The lowest BCUT2D eigenvalue weighted by Crippen LogP contribution is -1.98. The van der Waals surface area contributed by atoms with Gasteiger partial charge in [-0.2, -0.15) is 0 Å². The molecule has 3 nitrogen and oxygen atoms in total. The molecule has 0 amide bonds. The summed E-state index contributed by atoms with van der Waals surface area (Å²) in [6.45, 7) is 9.71. The Morgan fingerprint density at radius 2 is 1.53 bits per heavy atom. The lowest BCUT2D eigenvalue weighted by Gasteiger charge is -2.03. The summed E-state index contributed by atoms with van der Waals surface area (Å²) in [6, 6.07) is 7.39. The molecule has 0 unspecified atom stereocenters. The predicted octanol–water partition coefficient (Wildman–Crippen LogP) is 3.81. The summed E-state index contributed by atoms with van der Waals surface area (Å²) in [5.74, 6) is 0.530. The first-order valence-electron chi connectivity index (χ1n) is 5.98. The van der Waals surface area contributed by atoms with Crippen LogP contribution in [-0.2, 0) is 16.1 Å². The third-order valence-corrected chi connectivity index (χ3v) is 1.60. The molecule has 98 valence electrons. The van der Waals surface area contributed by atoms with Crippen LogP contribution in [0.3, 0.4) is 0 Å². The third-order valence-electron chi connectivity index (χ3n) is 1.60. The van der Waals surface area contributed by atoms with E-state index in [9.17, 15) is 4.79 Å². The number of methoxy groups -OCH3 is 1. The van der Waals surface area contributed by atoms with E-state index in [1.807, 2.05) is 52.0 Å². The molecule has 0 atom stereocenters. The van der Waals surface area contributed by atoms with Gasteiger partial charge in [-0.1, -0.05) is 39.8 Å². The zero-order valence-electron chi connectivity index (χ0n) is 11.7. The Hall–Kier alpha value is -1.51. The molecule has 0 radical (unpaired) electrons. The second kappa shape index (κ2) is 12.6. The van der Waals surface area contributed by atoms with Gasteiger partial charge in [0.15, 0.2) is 0 Å². The fourth-order valence-electron chi connectivity index (χ4n) is 0.907. The Morgan fingerprint density at radius 1 is 1.06 bits per heavy atom. The van der Waals surface area contributed by atoms with Crippen LogP contribution in [0.5, 0.6) is 5.75 Å². The van der Waals surface area contributed by atoms with Gasteiger partial charge in [-0.25, -0.2) is 0 Å². The van der Waals surface area contributed by atoms with E-state index in [1.54, 1.807) is 7.11 Å². The molecule has 0 aromatic heterocycles. The second-order valence-electron chi connectivity index (χ2n) is 2.63. The molecule has 3 heteroatoms. The maximum Gasteiger partial charge on any atom is 0.302 e. The van der Waals surface area contributed by atoms with Crippen LogP contribution in [0.2, 0.25) is 0 Å². The summed E-state index contributed by atoms with van der Waals surface area (Å²) in [6.07, 6.45) is 0. The maximum absolute atomic E-state index is 10.5. The molecule has 0 aliphatic rings. The van der Waals surface area contributed by atoms with Crippen molar-refractivity contribution in [2.75, 3.05) is 7.11 Å². The van der Waals surface area contributed by atoms with E-state index in [0.717, 1.165) is 11.3 Å². The molecule has 0 heterocycles. The van der Waals surface area contributed by atoms with Gasteiger partial charge in [0.1, 0.15) is 12.4 Å². The second-order valence-corrected chi connectivity index (χ2v) is 2.63. The molecule has 0 saturated carbocycles. The highest BCUT2D eigenvalue weighted by molar-refractivity contribution is 5.65. The summed E-state index contributed by atoms with van der Waals surface area (Å²) in [5.41, 5.74) is 0.955. The summed E-state index contributed by atoms with van der Waals surface area (Å²) in [7, 11) is 1.61. The van der Waals surface area contributed by atoms with Crippen LogP contribution in [0.4, 0.5) is 0 Å². The average Bonchev–Trinajstić information content (AvgIpc) is 2.41. The lowest BCUT2D eigenvalue weighted by molar-refractivity contribution is -0.142. The van der Waals surface area contributed by atoms with Crippen LogP contribution in [0.15, 0.2) is 24.3 Å². The zero-order valence-corrected chi connectivity index (χ0v) is 11.7. The number of benzene rings is 1. The van der Waals surface area contributed by atoms with Crippen LogP contribution in [-0.4, -0.2) is 13.1 Å². The van der Waals surface area contributed by atoms with Crippen LogP contribution < -0.4 is 4.74 Å². The molecule has 0 aliphatic heterocycles. The van der Waals surface area contributed by atoms with Gasteiger partial charge in [-0.05, 0) is 17.7 Å². The fraction of sp³-hybridized carbons (Fsp3) is 0.500. The Kier molecular flexibility index (Phi) is 13.2. The van der Waals surface area contributed by atoms with Gasteiger partial charge in [0.25, 0.3) is 0 Å². The number of esters is 1. The van der Waals surface area contributed by atoms with Crippen LogP contribution in [0.1, 0.15) is 40.2 Å². The number of carbonyl (C=O) groups excluding carboxylic acids is 1. The zero-order chi connectivity index (χ0) is 13.7. The summed E-state index contributed by atoms with van der Waals surface area (Å²) in [5, 5.41) is 0. The summed E-state index contributed by atoms with van der Waals surface area (Å²) < 4.78 is 9.81. The highest BCUT2D eigenvalue weighted by Crippen LogP contribution is 2.11. The van der Waals surface area contributed by atoms with Crippen LogP contribution >= 0.6 is 0 Å². The molecule has 0 aliphatic carbocycles. The number of hydrogen-bond acceptors (Lipinski definition) is 3. The molecule has 1 rings (SSSR count). The van der Waals surface area contributed by atoms with Crippen molar-refractivity contribution in [2.24, 2.45) is 0 Å². The number of rotatable bonds is 3. The Balaban J connectivity index is 0. The SMILES string of the molecule is CC.CC.COc1ccc(COC(C)=O)cc1. The largest absolute Gasteiger partial charge is 0.497 e. The van der Waals surface area contributed by atoms with Crippen molar-refractivity contribution >= 4 is 5.97 Å². The van der Waals surface area contributed by atoms with Crippen molar-refractivity contribution in [3.05, 3.63) is 29.8 Å². The van der Waals surface area contributed by atoms with Gasteiger partial charge in [0.05, 0.1) is 7.11 Å². The quantitative estimate of drug-likeness (QED) is 0.754. The number of hydrogen-bond donors (Lipinski definition) is 0. The van der Waals surface area contributed by atoms with Gasteiger partial charge < -0.3 is 9.47 Å². The van der Waals surface area contributed by atoms with E-state index in [-0.39, 0.29) is 5.97 Å². The molecule has 17 heavy (non-hydrogen) atoms. The molecule has 0 N–H and O–H groups in total. The van der Waals surface area contributed by atoms with Crippen molar-refractivity contribution in [3.8, 4) is 5.75 Å². The molecule has 0 saturated heterocycles. The van der Waals surface area contributed by atoms with E-state index in [2.05, 4.69) is 0 Å². The van der Waals surface area contributed by atoms with E-state index in [1.165, 1.54) is 6.92 Å². The maximum atomic E-state index is 10.5. The smallest absolute Gasteiger partial charge is 0.302 e. The molecule has 0 spiro atoms. The van der Waals surface area contributed by atoms with Crippen molar-refractivity contribution in [2.45, 2.75) is 41.2 Å². The van der Waals surface area contributed by atoms with E-state index in [4.69, 9.17) is 9.47 Å². The van der Waals surface area contributed by atoms with Crippen molar-refractivity contribution < 1.29 is 14.3 Å². The van der Waals surface area contributed by atoms with Crippen molar-refractivity contribution in [3.63, 3.8) is 0 Å². The van der Waals surface area contributed by atoms with Crippen LogP contribution in [0, 0.1) is 0 Å². The van der Waals surface area contributed by atoms with Crippen molar-refractivity contribution in [1.29, 1.82) is 0 Å². The Labute approximate surface area is 105 Å². The minimum Gasteiger partial charge on any atom is -0.497 e. The van der Waals surface area contributed by atoms with E-state index >= 15 is 0 Å². The van der Waals surface area contributed by atoms with Gasteiger partial charge in [0.2, 0.25) is 0 Å². The molecule has 0 fully saturated rings. The minimum atomic E-state index is -0.268. The monoisotopic (exact) mass is 240 g/mol. The van der Waals surface area contributed by atoms with Gasteiger partial charge in [-0.3, -0.25) is 4.79 Å². The highest BCUT2D eigenvalue weighted by atomic mass is 16.5. The molecule has 1 aromatic rings. The van der Waals surface area contributed by atoms with E-state index in [0.29, 0.717) is 6.61 Å². The summed E-state index contributed by atoms with van der Waals surface area (Å²) in [4.78, 5) is 10.5. The fourth-order valence-corrected chi connectivity index (χ4v) is 0.907. The lowest BCUT2D eigenvalue weighted by atomic mass is 10.2. The first kappa shape index (κ1) is 17.9. The summed E-state index contributed by atoms with van der Waals surface area (Å²) >= 11 is 0. The first-order valence-corrected chi connectivity index (χ1v) is 5.98. The molecular formula is C14H24O3. The molecule has 1 aromatic carbocycles. The first-order chi connectivity index (χ1) is 8.22. The normalized spacial score (nSPS) is 7.88. The van der Waals surface area contributed by atoms with Crippen LogP contribution in [0.25, 0.3) is 0 Å². The molecular weight excluding hydrogens is 216 g/mol. The Bertz CT molecular complexity index is 278. The topological polar surface area (TPSA) is 35.5 Å². The van der Waals surface area contributed by atoms with E-state index < -0.39 is 0 Å². The highest BCUT2D eigenvalue weighted by Gasteiger charge is 1.96. The van der Waals surface area contributed by atoms with Crippen molar-refractivity contribution in [1.82, 2.24) is 0 Å². The van der Waals surface area contributed by atoms with Gasteiger partial charge in [-0.15, -0.1) is 0 Å². The van der Waals surface area contributed by atoms with Gasteiger partial charge >= 0.3 is 5.97 Å².